The first-order valence-corrected chi connectivity index (χ1v) is 9.14. The van der Waals surface area contributed by atoms with Gasteiger partial charge < -0.3 is 5.32 Å². The first-order chi connectivity index (χ1) is 9.64. The molecule has 0 aromatic rings. The van der Waals surface area contributed by atoms with E-state index in [2.05, 4.69) is 31.0 Å². The molecule has 20 heavy (non-hydrogen) atoms. The average Bonchev–Trinajstić information content (AvgIpc) is 3.19. The number of nitrogens with zero attached hydrogens (tertiary/aromatic N) is 1. The van der Waals surface area contributed by atoms with Crippen LogP contribution in [-0.2, 0) is 0 Å². The van der Waals surface area contributed by atoms with Gasteiger partial charge in [-0.3, -0.25) is 4.90 Å². The topological polar surface area (TPSA) is 25.2 Å². The summed E-state index contributed by atoms with van der Waals surface area (Å²) in [5.74, 6) is 0. The predicted molar refractivity (Wildman–Crippen MR) is 88.2 cm³/mol. The molecule has 2 heterocycles. The molecule has 1 spiro atoms. The number of rotatable bonds is 9. The highest BCUT2D eigenvalue weighted by atomic mass is 15.3. The Morgan fingerprint density at radius 2 is 1.45 bits per heavy atom. The van der Waals surface area contributed by atoms with Gasteiger partial charge in [0.25, 0.3) is 0 Å². The minimum absolute atomic E-state index is 0.473. The van der Waals surface area contributed by atoms with Crippen LogP contribution in [0.4, 0.5) is 0 Å². The Balaban J connectivity index is 1.86. The van der Waals surface area contributed by atoms with Gasteiger partial charge in [-0.25, -0.2) is 0 Å². The van der Waals surface area contributed by atoms with Gasteiger partial charge in [-0.05, 0) is 32.6 Å². The Labute approximate surface area is 126 Å². The third-order valence-corrected chi connectivity index (χ3v) is 5.80. The third kappa shape index (κ3) is 4.21. The average molecular weight is 280 g/mol. The summed E-state index contributed by atoms with van der Waals surface area (Å²) in [5.41, 5.74) is 1.05. The van der Waals surface area contributed by atoms with E-state index >= 15 is 0 Å². The van der Waals surface area contributed by atoms with E-state index in [1.54, 1.807) is 0 Å². The molecule has 0 amide bonds. The van der Waals surface area contributed by atoms with Crippen LogP contribution in [0, 0.1) is 0 Å². The molecule has 2 nitrogen and oxygen atoms in total. The number of unbranched alkanes of at least 4 members (excludes halogenated alkanes) is 4. The molecule has 0 aromatic heterocycles. The molecule has 2 saturated heterocycles. The molecule has 0 bridgehead atoms. The van der Waals surface area contributed by atoms with E-state index in [1.807, 2.05) is 0 Å². The van der Waals surface area contributed by atoms with Crippen molar-refractivity contribution < 1.29 is 0 Å². The molecule has 2 aliphatic rings. The van der Waals surface area contributed by atoms with Crippen LogP contribution in [0.15, 0.2) is 0 Å². The molecule has 0 aromatic carbocycles. The first-order valence-electron chi connectivity index (χ1n) is 9.14. The van der Waals surface area contributed by atoms with Gasteiger partial charge in [-0.2, -0.15) is 0 Å². The van der Waals surface area contributed by atoms with Crippen molar-refractivity contribution in [2.45, 2.75) is 96.1 Å². The van der Waals surface area contributed by atoms with Crippen molar-refractivity contribution in [3.05, 3.63) is 0 Å². The lowest BCUT2D eigenvalue weighted by Crippen LogP contribution is -2.52. The van der Waals surface area contributed by atoms with Crippen molar-refractivity contribution in [2.75, 3.05) is 19.6 Å². The lowest BCUT2D eigenvalue weighted by molar-refractivity contribution is 0.0515. The van der Waals surface area contributed by atoms with Crippen LogP contribution in [0.2, 0.25) is 0 Å². The predicted octanol–water partition coefficient (Wildman–Crippen LogP) is 4.34. The molecular formula is C18H36N2. The Morgan fingerprint density at radius 1 is 0.950 bits per heavy atom. The summed E-state index contributed by atoms with van der Waals surface area (Å²) in [6.45, 7) is 11.1. The molecule has 0 aliphatic carbocycles. The summed E-state index contributed by atoms with van der Waals surface area (Å²) in [7, 11) is 0. The molecule has 2 fully saturated rings. The minimum Gasteiger partial charge on any atom is -0.308 e. The number of nitrogens with one attached hydrogen (secondary N) is 1. The monoisotopic (exact) mass is 280 g/mol. The lowest BCUT2D eigenvalue weighted by atomic mass is 9.83. The summed E-state index contributed by atoms with van der Waals surface area (Å²) >= 11 is 0. The second-order valence-corrected chi connectivity index (χ2v) is 7.53. The van der Waals surface area contributed by atoms with Crippen LogP contribution in [0.1, 0.15) is 85.0 Å². The van der Waals surface area contributed by atoms with Gasteiger partial charge in [0.2, 0.25) is 0 Å². The molecule has 0 radical (unpaired) electrons. The highest BCUT2D eigenvalue weighted by Gasteiger charge is 2.46. The van der Waals surface area contributed by atoms with E-state index < -0.39 is 0 Å². The van der Waals surface area contributed by atoms with E-state index in [0.29, 0.717) is 11.1 Å². The van der Waals surface area contributed by atoms with Crippen LogP contribution >= 0.6 is 0 Å². The second kappa shape index (κ2) is 7.26. The highest BCUT2D eigenvalue weighted by molar-refractivity contribution is 5.08. The number of hydrogen-bond donors (Lipinski definition) is 1. The summed E-state index contributed by atoms with van der Waals surface area (Å²) < 4.78 is 0. The maximum absolute atomic E-state index is 3.60. The number of likely N-dealkylation sites (tertiary alicyclic amines) is 1. The molecule has 1 N–H and O–H groups in total. The Kier molecular flexibility index (Phi) is 5.92. The maximum Gasteiger partial charge on any atom is 0.0331 e. The number of piperidine rings is 1. The van der Waals surface area contributed by atoms with Gasteiger partial charge >= 0.3 is 0 Å². The molecule has 2 heteroatoms. The summed E-state index contributed by atoms with van der Waals surface area (Å²) in [6, 6.07) is 0. The molecule has 0 saturated carbocycles. The summed E-state index contributed by atoms with van der Waals surface area (Å²) in [6.07, 6.45) is 13.9. The zero-order valence-electron chi connectivity index (χ0n) is 14.1. The van der Waals surface area contributed by atoms with Crippen molar-refractivity contribution >= 4 is 0 Å². The van der Waals surface area contributed by atoms with E-state index in [4.69, 9.17) is 0 Å². The van der Waals surface area contributed by atoms with Gasteiger partial charge in [0.1, 0.15) is 0 Å². The maximum atomic E-state index is 3.60. The summed E-state index contributed by atoms with van der Waals surface area (Å²) in [4.78, 5) is 2.84. The Morgan fingerprint density at radius 3 is 1.85 bits per heavy atom. The fraction of sp³-hybridized carbons (Fsp3) is 1.00. The Hall–Kier alpha value is -0.0800. The fourth-order valence-electron chi connectivity index (χ4n) is 3.91. The highest BCUT2D eigenvalue weighted by Crippen LogP contribution is 2.37. The standard InChI is InChI=1S/C18H36N2/c1-4-6-8-10-17(3,11-9-7-5-2)20-14-12-18(13-15-20)16-19-18/h19H,4-16H2,1-3H3. The van der Waals surface area contributed by atoms with Crippen LogP contribution in [0.3, 0.4) is 0 Å². The van der Waals surface area contributed by atoms with E-state index in [1.165, 1.54) is 83.8 Å². The quantitative estimate of drug-likeness (QED) is 0.502. The fourth-order valence-corrected chi connectivity index (χ4v) is 3.91. The lowest BCUT2D eigenvalue weighted by Gasteiger charge is -2.45. The normalized spacial score (nSPS) is 22.4. The molecule has 2 rings (SSSR count). The van der Waals surface area contributed by atoms with Crippen molar-refractivity contribution in [2.24, 2.45) is 0 Å². The van der Waals surface area contributed by atoms with E-state index in [-0.39, 0.29) is 0 Å². The molecule has 0 unspecified atom stereocenters. The minimum atomic E-state index is 0.473. The van der Waals surface area contributed by atoms with Gasteiger partial charge in [-0.15, -0.1) is 0 Å². The van der Waals surface area contributed by atoms with Crippen molar-refractivity contribution in [1.82, 2.24) is 10.2 Å². The number of hydrogen-bond acceptors (Lipinski definition) is 2. The first kappa shape index (κ1) is 16.3. The smallest absolute Gasteiger partial charge is 0.0331 e. The molecule has 118 valence electrons. The zero-order valence-corrected chi connectivity index (χ0v) is 14.1. The summed E-state index contributed by atoms with van der Waals surface area (Å²) in [5, 5.41) is 3.60. The van der Waals surface area contributed by atoms with Crippen LogP contribution in [0.25, 0.3) is 0 Å². The molecular weight excluding hydrogens is 244 g/mol. The van der Waals surface area contributed by atoms with Gasteiger partial charge in [-0.1, -0.05) is 52.4 Å². The van der Waals surface area contributed by atoms with Crippen molar-refractivity contribution in [3.63, 3.8) is 0 Å². The van der Waals surface area contributed by atoms with E-state index in [0.717, 1.165) is 0 Å². The molecule has 2 aliphatic heterocycles. The SMILES string of the molecule is CCCCCC(C)(CCCCC)N1CCC2(CC1)CN2. The molecule has 0 atom stereocenters. The largest absolute Gasteiger partial charge is 0.308 e. The van der Waals surface area contributed by atoms with Gasteiger partial charge in [0.15, 0.2) is 0 Å². The van der Waals surface area contributed by atoms with Crippen molar-refractivity contribution in [3.8, 4) is 0 Å². The van der Waals surface area contributed by atoms with Crippen LogP contribution in [0.5, 0.6) is 0 Å². The van der Waals surface area contributed by atoms with Crippen LogP contribution < -0.4 is 5.32 Å². The second-order valence-electron chi connectivity index (χ2n) is 7.53. The zero-order chi connectivity index (χ0) is 14.5. The van der Waals surface area contributed by atoms with E-state index in [9.17, 15) is 0 Å². The van der Waals surface area contributed by atoms with Gasteiger partial charge in [0, 0.05) is 30.7 Å². The Bertz CT molecular complexity index is 263. The van der Waals surface area contributed by atoms with Crippen LogP contribution in [-0.4, -0.2) is 35.6 Å². The van der Waals surface area contributed by atoms with Gasteiger partial charge in [0.05, 0.1) is 0 Å². The van der Waals surface area contributed by atoms with Crippen molar-refractivity contribution in [1.29, 1.82) is 0 Å². The third-order valence-electron chi connectivity index (χ3n) is 5.80.